The second-order valence-corrected chi connectivity index (χ2v) is 7.03. The number of piperazine rings is 1. The molecule has 1 saturated heterocycles. The SMILES string of the molecule is CCn1cc(C#N)c(=O)n(CC(=O)N2CCN(c3cccc(C(F)(F)F)c3)CC2)c1=O. The largest absolute Gasteiger partial charge is 0.416 e. The zero-order valence-corrected chi connectivity index (χ0v) is 16.7. The van der Waals surface area contributed by atoms with Crippen molar-refractivity contribution in [2.24, 2.45) is 0 Å². The van der Waals surface area contributed by atoms with E-state index >= 15 is 0 Å². The van der Waals surface area contributed by atoms with Crippen LogP contribution >= 0.6 is 0 Å². The number of carbonyl (C=O) groups is 1. The van der Waals surface area contributed by atoms with Gasteiger partial charge >= 0.3 is 11.9 Å². The fourth-order valence-electron chi connectivity index (χ4n) is 3.42. The average Bonchev–Trinajstić information content (AvgIpc) is 2.76. The molecule has 8 nitrogen and oxygen atoms in total. The van der Waals surface area contributed by atoms with Crippen LogP contribution in [0.15, 0.2) is 40.1 Å². The predicted molar refractivity (Wildman–Crippen MR) is 106 cm³/mol. The topological polar surface area (TPSA) is 91.3 Å². The Morgan fingerprint density at radius 3 is 2.42 bits per heavy atom. The highest BCUT2D eigenvalue weighted by Crippen LogP contribution is 2.31. The first-order chi connectivity index (χ1) is 14.7. The number of alkyl halides is 3. The number of aryl methyl sites for hydroxylation is 1. The number of benzene rings is 1. The molecule has 31 heavy (non-hydrogen) atoms. The number of rotatable bonds is 4. The van der Waals surface area contributed by atoms with Crippen LogP contribution in [-0.4, -0.2) is 46.1 Å². The first kappa shape index (κ1) is 22.1. The third-order valence-electron chi connectivity index (χ3n) is 5.16. The van der Waals surface area contributed by atoms with Crippen molar-refractivity contribution >= 4 is 11.6 Å². The molecular formula is C20H20F3N5O3. The van der Waals surface area contributed by atoms with Crippen molar-refractivity contribution in [2.75, 3.05) is 31.1 Å². The molecule has 0 unspecified atom stereocenters. The summed E-state index contributed by atoms with van der Waals surface area (Å²) in [5.41, 5.74) is -2.07. The molecule has 0 radical (unpaired) electrons. The average molecular weight is 435 g/mol. The molecule has 3 rings (SSSR count). The zero-order valence-electron chi connectivity index (χ0n) is 16.7. The van der Waals surface area contributed by atoms with E-state index in [4.69, 9.17) is 5.26 Å². The minimum atomic E-state index is -4.44. The summed E-state index contributed by atoms with van der Waals surface area (Å²) in [5.74, 6) is -0.472. The van der Waals surface area contributed by atoms with E-state index < -0.39 is 35.4 Å². The summed E-state index contributed by atoms with van der Waals surface area (Å²) in [4.78, 5) is 40.6. The molecule has 0 N–H and O–H groups in total. The van der Waals surface area contributed by atoms with Gasteiger partial charge in [0, 0.05) is 44.6 Å². The molecule has 0 saturated carbocycles. The number of halogens is 3. The normalized spacial score (nSPS) is 14.4. The van der Waals surface area contributed by atoms with Gasteiger partial charge in [0.2, 0.25) is 5.91 Å². The first-order valence-electron chi connectivity index (χ1n) is 9.60. The molecule has 2 aromatic rings. The molecule has 0 aliphatic carbocycles. The summed E-state index contributed by atoms with van der Waals surface area (Å²) < 4.78 is 40.7. The molecule has 1 aliphatic heterocycles. The Morgan fingerprint density at radius 2 is 1.84 bits per heavy atom. The number of nitrogens with zero attached hydrogens (tertiary/aromatic N) is 5. The Bertz CT molecular complexity index is 1140. The van der Waals surface area contributed by atoms with E-state index in [0.717, 1.165) is 16.7 Å². The van der Waals surface area contributed by atoms with E-state index in [1.54, 1.807) is 24.0 Å². The minimum absolute atomic E-state index is 0.226. The highest BCUT2D eigenvalue weighted by molar-refractivity contribution is 5.76. The van der Waals surface area contributed by atoms with Crippen molar-refractivity contribution in [3.63, 3.8) is 0 Å². The molecule has 1 amide bonds. The number of amides is 1. The van der Waals surface area contributed by atoms with Crippen LogP contribution in [-0.2, 0) is 24.1 Å². The van der Waals surface area contributed by atoms with Gasteiger partial charge in [-0.25, -0.2) is 9.36 Å². The first-order valence-corrected chi connectivity index (χ1v) is 9.60. The fraction of sp³-hybridized carbons (Fsp3) is 0.400. The van der Waals surface area contributed by atoms with E-state index in [-0.39, 0.29) is 25.2 Å². The lowest BCUT2D eigenvalue weighted by atomic mass is 10.1. The Balaban J connectivity index is 1.72. The van der Waals surface area contributed by atoms with Gasteiger partial charge in [-0.2, -0.15) is 18.4 Å². The molecule has 2 heterocycles. The molecule has 0 bridgehead atoms. The van der Waals surface area contributed by atoms with Crippen molar-refractivity contribution in [3.05, 3.63) is 62.4 Å². The predicted octanol–water partition coefficient (Wildman–Crippen LogP) is 1.27. The van der Waals surface area contributed by atoms with Crippen LogP contribution in [0.25, 0.3) is 0 Å². The zero-order chi connectivity index (χ0) is 22.8. The molecule has 0 spiro atoms. The van der Waals surface area contributed by atoms with Crippen LogP contribution in [0.3, 0.4) is 0 Å². The number of anilines is 1. The lowest BCUT2D eigenvalue weighted by molar-refractivity contribution is -0.137. The molecule has 0 atom stereocenters. The molecule has 1 aromatic carbocycles. The van der Waals surface area contributed by atoms with Crippen molar-refractivity contribution in [1.29, 1.82) is 5.26 Å². The van der Waals surface area contributed by atoms with Gasteiger partial charge in [0.05, 0.1) is 5.56 Å². The van der Waals surface area contributed by atoms with Crippen LogP contribution < -0.4 is 16.1 Å². The summed E-state index contributed by atoms with van der Waals surface area (Å²) in [6.07, 6.45) is -3.27. The highest BCUT2D eigenvalue weighted by Gasteiger charge is 2.31. The fourth-order valence-corrected chi connectivity index (χ4v) is 3.42. The smallest absolute Gasteiger partial charge is 0.368 e. The number of nitriles is 1. The van der Waals surface area contributed by atoms with Gasteiger partial charge in [0.1, 0.15) is 18.2 Å². The molecule has 164 valence electrons. The minimum Gasteiger partial charge on any atom is -0.368 e. The molecule has 1 aromatic heterocycles. The molecule has 1 aliphatic rings. The maximum atomic E-state index is 12.9. The summed E-state index contributed by atoms with van der Waals surface area (Å²) in [7, 11) is 0. The summed E-state index contributed by atoms with van der Waals surface area (Å²) in [6.45, 7) is 2.47. The van der Waals surface area contributed by atoms with E-state index in [9.17, 15) is 27.6 Å². The lowest BCUT2D eigenvalue weighted by Gasteiger charge is -2.36. The number of hydrogen-bond acceptors (Lipinski definition) is 5. The summed E-state index contributed by atoms with van der Waals surface area (Å²) in [5, 5.41) is 9.09. The van der Waals surface area contributed by atoms with Crippen molar-refractivity contribution in [3.8, 4) is 6.07 Å². The number of hydrogen-bond donors (Lipinski definition) is 0. The molecule has 1 fully saturated rings. The van der Waals surface area contributed by atoms with Gasteiger partial charge in [0.25, 0.3) is 5.56 Å². The van der Waals surface area contributed by atoms with Crippen LogP contribution in [0.4, 0.5) is 18.9 Å². The molecule has 11 heteroatoms. The van der Waals surface area contributed by atoms with Gasteiger partial charge in [-0.1, -0.05) is 6.07 Å². The molecular weight excluding hydrogens is 415 g/mol. The Hall–Kier alpha value is -3.55. The van der Waals surface area contributed by atoms with Gasteiger partial charge in [-0.3, -0.25) is 14.2 Å². The number of carbonyl (C=O) groups excluding carboxylic acids is 1. The third kappa shape index (κ3) is 4.63. The van der Waals surface area contributed by atoms with Gasteiger partial charge < -0.3 is 9.80 Å². The highest BCUT2D eigenvalue weighted by atomic mass is 19.4. The lowest BCUT2D eigenvalue weighted by Crippen LogP contribution is -2.51. The Morgan fingerprint density at radius 1 is 1.16 bits per heavy atom. The van der Waals surface area contributed by atoms with Gasteiger partial charge in [-0.05, 0) is 25.1 Å². The maximum absolute atomic E-state index is 12.9. The Labute approximate surface area is 175 Å². The van der Waals surface area contributed by atoms with Gasteiger partial charge in [0.15, 0.2) is 0 Å². The van der Waals surface area contributed by atoms with Crippen molar-refractivity contribution in [2.45, 2.75) is 26.2 Å². The second-order valence-electron chi connectivity index (χ2n) is 7.03. The summed E-state index contributed by atoms with van der Waals surface area (Å²) >= 11 is 0. The second kappa shape index (κ2) is 8.67. The van der Waals surface area contributed by atoms with Gasteiger partial charge in [-0.15, -0.1) is 0 Å². The van der Waals surface area contributed by atoms with Crippen molar-refractivity contribution < 1.29 is 18.0 Å². The van der Waals surface area contributed by atoms with E-state index in [2.05, 4.69) is 0 Å². The van der Waals surface area contributed by atoms with Crippen LogP contribution in [0.1, 0.15) is 18.1 Å². The van der Waals surface area contributed by atoms with Crippen LogP contribution in [0, 0.1) is 11.3 Å². The Kier molecular flexibility index (Phi) is 6.19. The van der Waals surface area contributed by atoms with E-state index in [1.165, 1.54) is 21.7 Å². The van der Waals surface area contributed by atoms with Crippen molar-refractivity contribution in [1.82, 2.24) is 14.0 Å². The quantitative estimate of drug-likeness (QED) is 0.722. The maximum Gasteiger partial charge on any atom is 0.416 e. The van der Waals surface area contributed by atoms with E-state index in [1.807, 2.05) is 0 Å². The van der Waals surface area contributed by atoms with Crippen LogP contribution in [0.5, 0.6) is 0 Å². The van der Waals surface area contributed by atoms with E-state index in [0.29, 0.717) is 18.8 Å². The monoisotopic (exact) mass is 435 g/mol. The standard InChI is InChI=1S/C20H20F3N5O3/c1-2-25-12-14(11-24)18(30)28(19(25)31)13-17(29)27-8-6-26(7-9-27)16-5-3-4-15(10-16)20(21,22)23/h3-5,10,12H,2,6-9,13H2,1H3. The number of aromatic nitrogens is 2. The third-order valence-corrected chi connectivity index (χ3v) is 5.16. The summed E-state index contributed by atoms with van der Waals surface area (Å²) in [6, 6.07) is 6.70. The van der Waals surface area contributed by atoms with Crippen LogP contribution in [0.2, 0.25) is 0 Å².